The lowest BCUT2D eigenvalue weighted by Crippen LogP contribution is -2.39. The molecule has 1 fully saturated rings. The number of nitrogens with zero attached hydrogens (tertiary/aromatic N) is 1. The Bertz CT molecular complexity index is 417. The van der Waals surface area contributed by atoms with Crippen molar-refractivity contribution in [3.63, 3.8) is 0 Å². The lowest BCUT2D eigenvalue weighted by molar-refractivity contribution is 0.169. The summed E-state index contributed by atoms with van der Waals surface area (Å²) in [6, 6.07) is 6.27. The molecule has 0 saturated heterocycles. The summed E-state index contributed by atoms with van der Waals surface area (Å²) < 4.78 is 13.9. The summed E-state index contributed by atoms with van der Waals surface area (Å²) in [5.74, 6) is -0.187. The van der Waals surface area contributed by atoms with Crippen LogP contribution in [0.25, 0.3) is 0 Å². The van der Waals surface area contributed by atoms with Gasteiger partial charge in [0.05, 0.1) is 0 Å². The lowest BCUT2D eigenvalue weighted by Gasteiger charge is -2.34. The number of rotatable bonds is 4. The molecule has 1 aromatic rings. The van der Waals surface area contributed by atoms with Gasteiger partial charge >= 0.3 is 0 Å². The molecule has 0 unspecified atom stereocenters. The number of benzene rings is 1. The maximum Gasteiger partial charge on any atom is 0.124 e. The van der Waals surface area contributed by atoms with Crippen LogP contribution in [0.4, 0.5) is 4.39 Å². The van der Waals surface area contributed by atoms with E-state index >= 15 is 0 Å². The van der Waals surface area contributed by atoms with Crippen LogP contribution in [0.5, 0.6) is 0 Å². The summed E-state index contributed by atoms with van der Waals surface area (Å²) in [6.45, 7) is 0.871. The fraction of sp³-hybridized carbons (Fsp3) is 0.600. The Kier molecular flexibility index (Phi) is 5.37. The van der Waals surface area contributed by atoms with Gasteiger partial charge in [0.25, 0.3) is 0 Å². The van der Waals surface area contributed by atoms with Gasteiger partial charge < -0.3 is 5.32 Å². The van der Waals surface area contributed by atoms with Crippen molar-refractivity contribution in [1.29, 1.82) is 0 Å². The van der Waals surface area contributed by atoms with Gasteiger partial charge in [0.2, 0.25) is 0 Å². The highest BCUT2D eigenvalue weighted by molar-refractivity contribution is 9.10. The molecule has 1 saturated carbocycles. The molecule has 2 rings (SSSR count). The zero-order valence-corrected chi connectivity index (χ0v) is 13.2. The molecule has 106 valence electrons. The molecule has 1 aliphatic rings. The third-order valence-electron chi connectivity index (χ3n) is 4.16. The van der Waals surface area contributed by atoms with Crippen molar-refractivity contribution < 1.29 is 4.39 Å². The summed E-state index contributed by atoms with van der Waals surface area (Å²) >= 11 is 3.44. The zero-order chi connectivity index (χ0) is 13.8. The fourth-order valence-electron chi connectivity index (χ4n) is 2.85. The maximum atomic E-state index is 13.1. The van der Waals surface area contributed by atoms with Crippen LogP contribution in [0.15, 0.2) is 22.7 Å². The first-order valence-electron chi connectivity index (χ1n) is 6.91. The monoisotopic (exact) mass is 328 g/mol. The lowest BCUT2D eigenvalue weighted by atomic mass is 9.90. The van der Waals surface area contributed by atoms with Gasteiger partial charge in [0.1, 0.15) is 5.82 Å². The number of hydrogen-bond donors (Lipinski definition) is 1. The van der Waals surface area contributed by atoms with Crippen molar-refractivity contribution in [3.8, 4) is 0 Å². The van der Waals surface area contributed by atoms with Crippen LogP contribution in [0.2, 0.25) is 0 Å². The van der Waals surface area contributed by atoms with Crippen molar-refractivity contribution >= 4 is 15.9 Å². The molecule has 19 heavy (non-hydrogen) atoms. The highest BCUT2D eigenvalue weighted by Crippen LogP contribution is 2.25. The van der Waals surface area contributed by atoms with Crippen molar-refractivity contribution in [2.24, 2.45) is 0 Å². The largest absolute Gasteiger partial charge is 0.317 e. The molecule has 0 aliphatic heterocycles. The molecule has 1 aromatic carbocycles. The van der Waals surface area contributed by atoms with Crippen molar-refractivity contribution in [2.75, 3.05) is 14.1 Å². The average Bonchev–Trinajstić information content (AvgIpc) is 2.42. The van der Waals surface area contributed by atoms with Crippen molar-refractivity contribution in [3.05, 3.63) is 34.1 Å². The smallest absolute Gasteiger partial charge is 0.124 e. The number of nitrogens with one attached hydrogen (secondary N) is 1. The molecule has 0 spiro atoms. The molecule has 0 radical (unpaired) electrons. The van der Waals surface area contributed by atoms with E-state index in [2.05, 4.69) is 33.2 Å². The second kappa shape index (κ2) is 6.82. The molecule has 0 heterocycles. The van der Waals surface area contributed by atoms with E-state index in [0.29, 0.717) is 12.1 Å². The summed E-state index contributed by atoms with van der Waals surface area (Å²) in [5, 5.41) is 3.36. The maximum absolute atomic E-state index is 13.1. The third kappa shape index (κ3) is 4.01. The predicted molar refractivity (Wildman–Crippen MR) is 80.7 cm³/mol. The van der Waals surface area contributed by atoms with Crippen LogP contribution >= 0.6 is 15.9 Å². The van der Waals surface area contributed by atoms with Gasteiger partial charge in [-0.1, -0.05) is 22.0 Å². The summed E-state index contributed by atoms with van der Waals surface area (Å²) in [5.41, 5.74) is 1.15. The van der Waals surface area contributed by atoms with Crippen LogP contribution in [-0.2, 0) is 6.54 Å². The summed E-state index contributed by atoms with van der Waals surface area (Å²) in [6.07, 6.45) is 4.97. The van der Waals surface area contributed by atoms with Gasteiger partial charge in [-0.25, -0.2) is 4.39 Å². The minimum atomic E-state index is -0.187. The van der Waals surface area contributed by atoms with Gasteiger partial charge in [-0.3, -0.25) is 4.90 Å². The standard InChI is InChI=1S/C15H22BrFN2/c1-18-13-5-7-14(8-6-13)19(2)10-11-3-4-12(17)9-15(11)16/h3-4,9,13-14,18H,5-8,10H2,1-2H3. The van der Waals surface area contributed by atoms with Crippen LogP contribution in [0.3, 0.4) is 0 Å². The van der Waals surface area contributed by atoms with Gasteiger partial charge in [-0.15, -0.1) is 0 Å². The Labute approximate surface area is 123 Å². The van der Waals surface area contributed by atoms with E-state index < -0.39 is 0 Å². The third-order valence-corrected chi connectivity index (χ3v) is 4.90. The Morgan fingerprint density at radius 3 is 2.58 bits per heavy atom. The first-order valence-corrected chi connectivity index (χ1v) is 7.71. The molecule has 2 nitrogen and oxygen atoms in total. The zero-order valence-electron chi connectivity index (χ0n) is 11.6. The molecular weight excluding hydrogens is 307 g/mol. The van der Waals surface area contributed by atoms with Crippen molar-refractivity contribution in [1.82, 2.24) is 10.2 Å². The van der Waals surface area contributed by atoms with E-state index in [4.69, 9.17) is 0 Å². The normalized spacial score (nSPS) is 23.8. The van der Waals surface area contributed by atoms with E-state index in [0.717, 1.165) is 16.6 Å². The van der Waals surface area contributed by atoms with Gasteiger partial charge in [0, 0.05) is 23.1 Å². The Morgan fingerprint density at radius 1 is 1.32 bits per heavy atom. The van der Waals surface area contributed by atoms with Gasteiger partial charge in [-0.2, -0.15) is 0 Å². The molecule has 0 amide bonds. The Morgan fingerprint density at radius 2 is 2.00 bits per heavy atom. The number of hydrogen-bond acceptors (Lipinski definition) is 2. The summed E-state index contributed by atoms with van der Waals surface area (Å²) in [4.78, 5) is 2.39. The minimum absolute atomic E-state index is 0.187. The Hall–Kier alpha value is -0.450. The second-order valence-corrected chi connectivity index (χ2v) is 6.30. The molecule has 4 heteroatoms. The van der Waals surface area contributed by atoms with E-state index in [9.17, 15) is 4.39 Å². The minimum Gasteiger partial charge on any atom is -0.317 e. The van der Waals surface area contributed by atoms with Crippen LogP contribution in [0.1, 0.15) is 31.2 Å². The molecule has 0 aromatic heterocycles. The molecule has 1 N–H and O–H groups in total. The van der Waals surface area contributed by atoms with E-state index in [1.807, 2.05) is 13.1 Å². The topological polar surface area (TPSA) is 15.3 Å². The van der Waals surface area contributed by atoms with Crippen LogP contribution in [0, 0.1) is 5.82 Å². The first kappa shape index (κ1) is 14.9. The first-order chi connectivity index (χ1) is 9.10. The molecule has 1 aliphatic carbocycles. The Balaban J connectivity index is 1.92. The molecular formula is C15H22BrFN2. The second-order valence-electron chi connectivity index (χ2n) is 5.44. The van der Waals surface area contributed by atoms with E-state index in [1.165, 1.54) is 31.7 Å². The van der Waals surface area contributed by atoms with E-state index in [-0.39, 0.29) is 5.82 Å². The molecule has 0 bridgehead atoms. The summed E-state index contributed by atoms with van der Waals surface area (Å²) in [7, 11) is 4.21. The number of halogens is 2. The SMILES string of the molecule is CNC1CCC(N(C)Cc2ccc(F)cc2Br)CC1. The molecule has 0 atom stereocenters. The highest BCUT2D eigenvalue weighted by atomic mass is 79.9. The van der Waals surface area contributed by atoms with Gasteiger partial charge in [0.15, 0.2) is 0 Å². The van der Waals surface area contributed by atoms with Crippen LogP contribution < -0.4 is 5.32 Å². The van der Waals surface area contributed by atoms with Crippen molar-refractivity contribution in [2.45, 2.75) is 44.3 Å². The highest BCUT2D eigenvalue weighted by Gasteiger charge is 2.23. The quantitative estimate of drug-likeness (QED) is 0.909. The fourth-order valence-corrected chi connectivity index (χ4v) is 3.33. The predicted octanol–water partition coefficient (Wildman–Crippen LogP) is 3.55. The van der Waals surface area contributed by atoms with E-state index in [1.54, 1.807) is 6.07 Å². The average molecular weight is 329 g/mol. The van der Waals surface area contributed by atoms with Crippen LogP contribution in [-0.4, -0.2) is 31.1 Å². The van der Waals surface area contributed by atoms with Gasteiger partial charge in [-0.05, 0) is 57.5 Å².